The Morgan fingerprint density at radius 3 is 2.42 bits per heavy atom. The van der Waals surface area contributed by atoms with Gasteiger partial charge >= 0.3 is 5.97 Å². The van der Waals surface area contributed by atoms with Crippen LogP contribution < -0.4 is 0 Å². The van der Waals surface area contributed by atoms with Crippen LogP contribution in [0.2, 0.25) is 0 Å². The van der Waals surface area contributed by atoms with Crippen LogP contribution >= 0.6 is 0 Å². The van der Waals surface area contributed by atoms with Gasteiger partial charge in [0.05, 0.1) is 6.10 Å². The van der Waals surface area contributed by atoms with Crippen molar-refractivity contribution in [2.24, 2.45) is 0 Å². The third-order valence-electron chi connectivity index (χ3n) is 1.82. The van der Waals surface area contributed by atoms with Crippen molar-refractivity contribution >= 4 is 5.97 Å². The maximum Gasteiger partial charge on any atom is 0.331 e. The summed E-state index contributed by atoms with van der Waals surface area (Å²) in [5.74, 6) is -1.18. The van der Waals surface area contributed by atoms with E-state index in [1.165, 1.54) is 0 Å². The zero-order valence-corrected chi connectivity index (χ0v) is 6.21. The van der Waals surface area contributed by atoms with Crippen LogP contribution in [0.5, 0.6) is 0 Å². The minimum atomic E-state index is -1.29. The summed E-state index contributed by atoms with van der Waals surface area (Å²) in [5.41, 5.74) is -0.0692. The van der Waals surface area contributed by atoms with E-state index in [0.717, 1.165) is 6.08 Å². The Morgan fingerprint density at radius 2 is 2.00 bits per heavy atom. The minimum absolute atomic E-state index is 0.0692. The van der Waals surface area contributed by atoms with E-state index in [9.17, 15) is 4.79 Å². The van der Waals surface area contributed by atoms with Crippen molar-refractivity contribution in [3.05, 3.63) is 11.6 Å². The van der Waals surface area contributed by atoms with Gasteiger partial charge in [-0.15, -0.1) is 0 Å². The number of carboxylic acid groups (broad SMARTS) is 1. The van der Waals surface area contributed by atoms with E-state index in [4.69, 9.17) is 20.4 Å². The van der Waals surface area contributed by atoms with Crippen LogP contribution in [0.1, 0.15) is 6.42 Å². The average Bonchev–Trinajstić information content (AvgIpc) is 1.99. The summed E-state index contributed by atoms with van der Waals surface area (Å²) in [6, 6.07) is 0. The van der Waals surface area contributed by atoms with Gasteiger partial charge in [0, 0.05) is 12.0 Å². The Hall–Kier alpha value is -0.910. The number of hydrogen-bond donors (Lipinski definition) is 4. The molecule has 0 saturated carbocycles. The fourth-order valence-electron chi connectivity index (χ4n) is 1.11. The molecule has 0 saturated heterocycles. The van der Waals surface area contributed by atoms with E-state index in [-0.39, 0.29) is 12.0 Å². The van der Waals surface area contributed by atoms with Crippen molar-refractivity contribution in [2.45, 2.75) is 24.7 Å². The molecule has 0 unspecified atom stereocenters. The summed E-state index contributed by atoms with van der Waals surface area (Å²) < 4.78 is 0. The van der Waals surface area contributed by atoms with Gasteiger partial charge in [0.1, 0.15) is 12.2 Å². The van der Waals surface area contributed by atoms with E-state index >= 15 is 0 Å². The lowest BCUT2D eigenvalue weighted by atomic mass is 9.99. The molecule has 68 valence electrons. The Balaban J connectivity index is 2.81. The van der Waals surface area contributed by atoms with Gasteiger partial charge in [0.25, 0.3) is 0 Å². The molecule has 1 aliphatic rings. The lowest BCUT2D eigenvalue weighted by Gasteiger charge is -2.25. The first-order valence-corrected chi connectivity index (χ1v) is 3.50. The van der Waals surface area contributed by atoms with Crippen LogP contribution in [-0.4, -0.2) is 44.7 Å². The van der Waals surface area contributed by atoms with Crippen molar-refractivity contribution in [1.29, 1.82) is 0 Å². The first-order valence-electron chi connectivity index (χ1n) is 3.50. The fraction of sp³-hybridized carbons (Fsp3) is 0.571. The highest BCUT2D eigenvalue weighted by Crippen LogP contribution is 2.19. The Morgan fingerprint density at radius 1 is 1.42 bits per heavy atom. The summed E-state index contributed by atoms with van der Waals surface area (Å²) in [6.45, 7) is 0. The summed E-state index contributed by atoms with van der Waals surface area (Å²) in [6.07, 6.45) is -2.86. The highest BCUT2D eigenvalue weighted by Gasteiger charge is 2.31. The lowest BCUT2D eigenvalue weighted by Crippen LogP contribution is -2.40. The van der Waals surface area contributed by atoms with Crippen LogP contribution in [0.4, 0.5) is 0 Å². The molecule has 0 radical (unpaired) electrons. The molecule has 5 nitrogen and oxygen atoms in total. The Kier molecular flexibility index (Phi) is 2.46. The topological polar surface area (TPSA) is 98.0 Å². The highest BCUT2D eigenvalue weighted by molar-refractivity contribution is 5.87. The molecule has 5 heteroatoms. The standard InChI is InChI=1S/C7H10O5/c8-4-1-3(7(11)12)2-5(9)6(4)10/h1,4-6,8-10H,2H2,(H,11,12)/t4-,5-,6-/m1/s1/i1+1. The number of aliphatic hydroxyl groups excluding tert-OH is 3. The molecule has 1 aliphatic carbocycles. The van der Waals surface area contributed by atoms with Crippen molar-refractivity contribution in [3.8, 4) is 0 Å². The molecule has 4 N–H and O–H groups in total. The van der Waals surface area contributed by atoms with Gasteiger partial charge in [0.15, 0.2) is 0 Å². The molecular weight excluding hydrogens is 165 g/mol. The third kappa shape index (κ3) is 1.63. The summed E-state index contributed by atoms with van der Waals surface area (Å²) in [7, 11) is 0. The van der Waals surface area contributed by atoms with Gasteiger partial charge in [-0.25, -0.2) is 4.79 Å². The maximum atomic E-state index is 10.4. The number of carboxylic acids is 1. The summed E-state index contributed by atoms with van der Waals surface area (Å²) >= 11 is 0. The third-order valence-corrected chi connectivity index (χ3v) is 1.82. The van der Waals surface area contributed by atoms with Crippen molar-refractivity contribution in [1.82, 2.24) is 0 Å². The molecule has 0 spiro atoms. The molecule has 0 amide bonds. The molecule has 0 fully saturated rings. The van der Waals surface area contributed by atoms with Crippen LogP contribution in [0.3, 0.4) is 0 Å². The second-order valence-electron chi connectivity index (χ2n) is 2.75. The van der Waals surface area contributed by atoms with Gasteiger partial charge < -0.3 is 20.4 Å². The molecule has 3 atom stereocenters. The Labute approximate surface area is 68.6 Å². The van der Waals surface area contributed by atoms with Gasteiger partial charge in [-0.3, -0.25) is 0 Å². The van der Waals surface area contributed by atoms with E-state index in [2.05, 4.69) is 0 Å². The number of aliphatic hydroxyl groups is 3. The summed E-state index contributed by atoms with van der Waals surface area (Å²) in [4.78, 5) is 10.4. The minimum Gasteiger partial charge on any atom is -0.478 e. The second-order valence-corrected chi connectivity index (χ2v) is 2.75. The normalized spacial score (nSPS) is 35.9. The highest BCUT2D eigenvalue weighted by atomic mass is 16.4. The Bertz CT molecular complexity index is 222. The van der Waals surface area contributed by atoms with Crippen molar-refractivity contribution in [3.63, 3.8) is 0 Å². The van der Waals surface area contributed by atoms with Crippen LogP contribution in [0.15, 0.2) is 11.6 Å². The molecule has 0 bridgehead atoms. The van der Waals surface area contributed by atoms with Gasteiger partial charge in [0.2, 0.25) is 0 Å². The quantitative estimate of drug-likeness (QED) is 0.363. The van der Waals surface area contributed by atoms with E-state index in [1.807, 2.05) is 0 Å². The number of hydrogen-bond acceptors (Lipinski definition) is 4. The lowest BCUT2D eigenvalue weighted by molar-refractivity contribution is -0.134. The van der Waals surface area contributed by atoms with Crippen molar-refractivity contribution in [2.75, 3.05) is 0 Å². The molecule has 12 heavy (non-hydrogen) atoms. The van der Waals surface area contributed by atoms with Gasteiger partial charge in [-0.05, 0) is 6.08 Å². The maximum absolute atomic E-state index is 10.4. The zero-order valence-electron chi connectivity index (χ0n) is 6.21. The fourth-order valence-corrected chi connectivity index (χ4v) is 1.11. The van der Waals surface area contributed by atoms with Gasteiger partial charge in [-0.1, -0.05) is 0 Å². The smallest absolute Gasteiger partial charge is 0.331 e. The summed E-state index contributed by atoms with van der Waals surface area (Å²) in [5, 5.41) is 35.6. The monoisotopic (exact) mass is 175 g/mol. The predicted octanol–water partition coefficient (Wildman–Crippen LogP) is -1.52. The molecule has 0 aliphatic heterocycles. The first kappa shape index (κ1) is 9.18. The number of rotatable bonds is 1. The largest absolute Gasteiger partial charge is 0.478 e. The molecular formula is C7H10O5. The molecule has 0 heterocycles. The predicted molar refractivity (Wildman–Crippen MR) is 38.4 cm³/mol. The van der Waals surface area contributed by atoms with E-state index in [1.54, 1.807) is 0 Å². The average molecular weight is 175 g/mol. The van der Waals surface area contributed by atoms with Crippen LogP contribution in [0.25, 0.3) is 0 Å². The number of carbonyl (C=O) groups is 1. The molecule has 0 aromatic carbocycles. The zero-order chi connectivity index (χ0) is 9.30. The number of aliphatic carboxylic acids is 1. The molecule has 0 aromatic heterocycles. The second kappa shape index (κ2) is 3.22. The van der Waals surface area contributed by atoms with E-state index < -0.39 is 24.3 Å². The molecule has 0 aromatic rings. The molecule has 1 rings (SSSR count). The van der Waals surface area contributed by atoms with Crippen LogP contribution in [0, 0.1) is 0 Å². The first-order chi connectivity index (χ1) is 5.52. The van der Waals surface area contributed by atoms with Crippen LogP contribution in [-0.2, 0) is 4.79 Å². The van der Waals surface area contributed by atoms with Crippen molar-refractivity contribution < 1.29 is 25.2 Å². The van der Waals surface area contributed by atoms with Gasteiger partial charge in [-0.2, -0.15) is 0 Å². The van der Waals surface area contributed by atoms with E-state index in [0.29, 0.717) is 0 Å². The SMILES string of the molecule is O=C(O)C1=[13CH][C@@H](O)[C@@H](O)[C@H](O)C1.